The highest BCUT2D eigenvalue weighted by Gasteiger charge is 2.13. The maximum atomic E-state index is 11.9. The van der Waals surface area contributed by atoms with E-state index < -0.39 is 0 Å². The van der Waals surface area contributed by atoms with Gasteiger partial charge in [0.1, 0.15) is 6.61 Å². The summed E-state index contributed by atoms with van der Waals surface area (Å²) in [5.74, 6) is -0.243. The largest absolute Gasteiger partial charge is 0.378 e. The molecule has 7 heteroatoms. The van der Waals surface area contributed by atoms with Crippen LogP contribution in [0.15, 0.2) is 24.3 Å². The van der Waals surface area contributed by atoms with Gasteiger partial charge in [0.15, 0.2) is 0 Å². The van der Waals surface area contributed by atoms with Gasteiger partial charge in [-0.3, -0.25) is 4.79 Å². The monoisotopic (exact) mass is 363 g/mol. The minimum Gasteiger partial charge on any atom is -0.378 e. The van der Waals surface area contributed by atoms with Crippen LogP contribution in [0.5, 0.6) is 0 Å². The Bertz CT molecular complexity index is 574. The molecule has 1 saturated carbocycles. The quantitative estimate of drug-likeness (QED) is 0.588. The first-order chi connectivity index (χ1) is 12.7. The van der Waals surface area contributed by atoms with Gasteiger partial charge in [-0.15, -0.1) is 0 Å². The molecule has 0 bridgehead atoms. The Morgan fingerprint density at radius 2 is 1.85 bits per heavy atom. The molecule has 0 spiro atoms. The van der Waals surface area contributed by atoms with Gasteiger partial charge in [0.05, 0.1) is 6.10 Å². The molecule has 0 aromatic heterocycles. The standard InChI is InChI=1S/C19H29N3O4/c1-25-14-18(23)21-15-7-5-8-16(13-15)22-19(24)20-11-6-12-26-17-9-3-2-4-10-17/h5,7-8,13,17H,2-4,6,9-12,14H2,1H3,(H,21,23)(H2,20,22,24). The molecule has 0 atom stereocenters. The van der Waals surface area contributed by atoms with E-state index in [1.807, 2.05) is 0 Å². The third-order valence-electron chi connectivity index (χ3n) is 4.19. The van der Waals surface area contributed by atoms with Crippen LogP contribution in [-0.4, -0.2) is 44.9 Å². The molecule has 1 aliphatic rings. The number of amides is 3. The van der Waals surface area contributed by atoms with Gasteiger partial charge in [0.2, 0.25) is 5.91 Å². The van der Waals surface area contributed by atoms with Crippen LogP contribution in [0, 0.1) is 0 Å². The zero-order chi connectivity index (χ0) is 18.6. The maximum Gasteiger partial charge on any atom is 0.319 e. The molecule has 0 radical (unpaired) electrons. The van der Waals surface area contributed by atoms with Crippen LogP contribution in [0.3, 0.4) is 0 Å². The fourth-order valence-electron chi connectivity index (χ4n) is 2.93. The lowest BCUT2D eigenvalue weighted by atomic mass is 9.98. The molecule has 1 aromatic rings. The van der Waals surface area contributed by atoms with Gasteiger partial charge in [0, 0.05) is 31.6 Å². The summed E-state index contributed by atoms with van der Waals surface area (Å²) >= 11 is 0. The number of methoxy groups -OCH3 is 1. The maximum absolute atomic E-state index is 11.9. The lowest BCUT2D eigenvalue weighted by molar-refractivity contribution is -0.119. The Morgan fingerprint density at radius 1 is 1.12 bits per heavy atom. The molecular formula is C19H29N3O4. The average Bonchev–Trinajstić information content (AvgIpc) is 2.63. The highest BCUT2D eigenvalue weighted by Crippen LogP contribution is 2.20. The predicted molar refractivity (Wildman–Crippen MR) is 101 cm³/mol. The van der Waals surface area contributed by atoms with Crippen molar-refractivity contribution in [1.29, 1.82) is 0 Å². The Kier molecular flexibility index (Phi) is 8.92. The second-order valence-electron chi connectivity index (χ2n) is 6.43. The predicted octanol–water partition coefficient (Wildman–Crippen LogP) is 3.13. The van der Waals surface area contributed by atoms with Crippen molar-refractivity contribution in [3.8, 4) is 0 Å². The number of benzene rings is 1. The van der Waals surface area contributed by atoms with E-state index in [1.54, 1.807) is 24.3 Å². The minimum atomic E-state index is -0.275. The molecule has 0 aliphatic heterocycles. The zero-order valence-corrected chi connectivity index (χ0v) is 15.4. The topological polar surface area (TPSA) is 88.7 Å². The summed E-state index contributed by atoms with van der Waals surface area (Å²) in [5.41, 5.74) is 1.21. The third kappa shape index (κ3) is 7.84. The average molecular weight is 363 g/mol. The smallest absolute Gasteiger partial charge is 0.319 e. The lowest BCUT2D eigenvalue weighted by Gasteiger charge is -2.21. The second-order valence-corrected chi connectivity index (χ2v) is 6.43. The van der Waals surface area contributed by atoms with E-state index in [9.17, 15) is 9.59 Å². The molecule has 26 heavy (non-hydrogen) atoms. The number of nitrogens with one attached hydrogen (secondary N) is 3. The first-order valence-electron chi connectivity index (χ1n) is 9.22. The van der Waals surface area contributed by atoms with Crippen molar-refractivity contribution in [2.24, 2.45) is 0 Å². The van der Waals surface area contributed by atoms with Gasteiger partial charge in [0.25, 0.3) is 0 Å². The molecular weight excluding hydrogens is 334 g/mol. The number of carbonyl (C=O) groups excluding carboxylic acids is 2. The van der Waals surface area contributed by atoms with E-state index in [-0.39, 0.29) is 18.5 Å². The highest BCUT2D eigenvalue weighted by molar-refractivity contribution is 5.94. The summed E-state index contributed by atoms with van der Waals surface area (Å²) in [7, 11) is 1.46. The van der Waals surface area contributed by atoms with E-state index >= 15 is 0 Å². The van der Waals surface area contributed by atoms with Gasteiger partial charge in [-0.2, -0.15) is 0 Å². The van der Waals surface area contributed by atoms with E-state index in [2.05, 4.69) is 16.0 Å². The normalized spacial score (nSPS) is 14.7. The van der Waals surface area contributed by atoms with Crippen molar-refractivity contribution in [3.05, 3.63) is 24.3 Å². The van der Waals surface area contributed by atoms with Gasteiger partial charge < -0.3 is 25.4 Å². The first-order valence-corrected chi connectivity index (χ1v) is 9.22. The summed E-state index contributed by atoms with van der Waals surface area (Å²) in [6.45, 7) is 1.22. The van der Waals surface area contributed by atoms with Crippen LogP contribution in [0.4, 0.5) is 16.2 Å². The molecule has 7 nitrogen and oxygen atoms in total. The third-order valence-corrected chi connectivity index (χ3v) is 4.19. The zero-order valence-electron chi connectivity index (χ0n) is 15.4. The van der Waals surface area contributed by atoms with E-state index in [1.165, 1.54) is 26.4 Å². The number of carbonyl (C=O) groups is 2. The summed E-state index contributed by atoms with van der Waals surface area (Å²) in [5, 5.41) is 8.26. The van der Waals surface area contributed by atoms with Crippen molar-refractivity contribution >= 4 is 23.3 Å². The van der Waals surface area contributed by atoms with Gasteiger partial charge in [-0.05, 0) is 37.5 Å². The number of anilines is 2. The number of hydrogen-bond donors (Lipinski definition) is 3. The van der Waals surface area contributed by atoms with E-state index in [4.69, 9.17) is 9.47 Å². The number of urea groups is 1. The van der Waals surface area contributed by atoms with E-state index in [0.29, 0.717) is 30.6 Å². The number of ether oxygens (including phenoxy) is 2. The van der Waals surface area contributed by atoms with Gasteiger partial charge in [-0.1, -0.05) is 25.3 Å². The number of hydrogen-bond acceptors (Lipinski definition) is 4. The fraction of sp³-hybridized carbons (Fsp3) is 0.579. The molecule has 0 saturated heterocycles. The van der Waals surface area contributed by atoms with Crippen molar-refractivity contribution in [2.45, 2.75) is 44.6 Å². The number of rotatable bonds is 9. The molecule has 144 valence electrons. The van der Waals surface area contributed by atoms with Gasteiger partial charge in [-0.25, -0.2) is 4.79 Å². The van der Waals surface area contributed by atoms with Crippen LogP contribution in [0.25, 0.3) is 0 Å². The van der Waals surface area contributed by atoms with Gasteiger partial charge >= 0.3 is 6.03 Å². The Balaban J connectivity index is 1.63. The fourth-order valence-corrected chi connectivity index (χ4v) is 2.93. The first kappa shape index (κ1) is 20.2. The summed E-state index contributed by atoms with van der Waals surface area (Å²) in [6, 6.07) is 6.69. The molecule has 0 heterocycles. The molecule has 3 amide bonds. The van der Waals surface area contributed by atoms with Crippen molar-refractivity contribution in [1.82, 2.24) is 5.32 Å². The molecule has 1 aromatic carbocycles. The Hall–Kier alpha value is -2.12. The Labute approximate surface area is 154 Å². The van der Waals surface area contributed by atoms with Crippen LogP contribution in [-0.2, 0) is 14.3 Å². The molecule has 1 fully saturated rings. The lowest BCUT2D eigenvalue weighted by Crippen LogP contribution is -2.30. The van der Waals surface area contributed by atoms with Crippen LogP contribution < -0.4 is 16.0 Å². The summed E-state index contributed by atoms with van der Waals surface area (Å²) in [6.07, 6.45) is 7.34. The van der Waals surface area contributed by atoms with Crippen LogP contribution >= 0.6 is 0 Å². The molecule has 1 aliphatic carbocycles. The van der Waals surface area contributed by atoms with Crippen LogP contribution in [0.1, 0.15) is 38.5 Å². The summed E-state index contributed by atoms with van der Waals surface area (Å²) in [4.78, 5) is 23.5. The van der Waals surface area contributed by atoms with E-state index in [0.717, 1.165) is 19.3 Å². The molecule has 0 unspecified atom stereocenters. The summed E-state index contributed by atoms with van der Waals surface area (Å²) < 4.78 is 10.6. The highest BCUT2D eigenvalue weighted by atomic mass is 16.5. The second kappa shape index (κ2) is 11.5. The minimum absolute atomic E-state index is 0.0128. The van der Waals surface area contributed by atoms with Crippen molar-refractivity contribution in [3.63, 3.8) is 0 Å². The molecule has 2 rings (SSSR count). The van der Waals surface area contributed by atoms with Crippen molar-refractivity contribution < 1.29 is 19.1 Å². The van der Waals surface area contributed by atoms with Crippen LogP contribution in [0.2, 0.25) is 0 Å². The molecule has 3 N–H and O–H groups in total. The SMILES string of the molecule is COCC(=O)Nc1cccc(NC(=O)NCCCOC2CCCCC2)c1. The Morgan fingerprint density at radius 3 is 2.58 bits per heavy atom. The van der Waals surface area contributed by atoms with Crippen molar-refractivity contribution in [2.75, 3.05) is 37.5 Å².